The van der Waals surface area contributed by atoms with Gasteiger partial charge in [-0.3, -0.25) is 28.8 Å². The minimum atomic E-state index is -2.07. The highest BCUT2D eigenvalue weighted by molar-refractivity contribution is 6.18. The van der Waals surface area contributed by atoms with Crippen LogP contribution in [0.25, 0.3) is 32.7 Å². The number of alkyl carbamates (subject to hydrolysis) is 3. The molecule has 3 aromatic heterocycles. The summed E-state index contributed by atoms with van der Waals surface area (Å²) in [5, 5.41) is 19.2. The Morgan fingerprint density at radius 2 is 0.600 bits per heavy atom. The van der Waals surface area contributed by atoms with Crippen molar-refractivity contribution in [3.05, 3.63) is 178 Å². The predicted octanol–water partition coefficient (Wildman–Crippen LogP) is 13.7. The minimum absolute atomic E-state index is 0.0811. The number of nitrogens with two attached hydrogens (primary N) is 3. The van der Waals surface area contributed by atoms with Gasteiger partial charge in [-0.05, 0) is 265 Å². The number of carbonyl (C=O) groups is 9. The molecule has 0 bridgehead atoms. The molecular weight excluding hydrogens is 1470 g/mol. The number of amides is 6. The molecule has 0 aliphatic rings. The Labute approximate surface area is 671 Å². The number of H-pyrrole nitrogens is 3. The van der Waals surface area contributed by atoms with E-state index in [9.17, 15) is 43.2 Å². The normalized spacial score (nSPS) is 13.4. The molecule has 0 aliphatic heterocycles. The summed E-state index contributed by atoms with van der Waals surface area (Å²) < 4.78 is 32.8. The first kappa shape index (κ1) is 87.4. The fraction of sp³-hybridized carbons (Fsp3) is 0.420. The topological polar surface area (TPSA) is 407 Å². The van der Waals surface area contributed by atoms with Gasteiger partial charge in [0.05, 0.1) is 21.3 Å². The first-order chi connectivity index (χ1) is 54.2. The summed E-state index contributed by atoms with van der Waals surface area (Å²) in [4.78, 5) is 137. The summed E-state index contributed by atoms with van der Waals surface area (Å²) in [5.41, 5.74) is 22.3. The second-order valence-corrected chi connectivity index (χ2v) is 32.5. The van der Waals surface area contributed by atoms with Crippen molar-refractivity contribution in [3.63, 3.8) is 0 Å². The molecule has 0 fully saturated rings. The van der Waals surface area contributed by atoms with E-state index in [0.717, 1.165) is 32.7 Å². The largest absolute Gasteiger partial charge is 0.497 e. The van der Waals surface area contributed by atoms with Gasteiger partial charge < -0.3 is 92.5 Å². The molecule has 6 aromatic carbocycles. The number of rotatable bonds is 36. The highest BCUT2D eigenvalue weighted by Gasteiger charge is 2.45. The lowest BCUT2D eigenvalue weighted by Gasteiger charge is -2.28. The number of unbranched alkanes of at least 4 members (excludes halogenated alkanes) is 3. The van der Waals surface area contributed by atoms with Crippen LogP contribution in [-0.4, -0.2) is 143 Å². The number of nitrogens with one attached hydrogen (secondary N) is 9. The Balaban J connectivity index is 1.03. The Bertz CT molecular complexity index is 4510. The number of anilines is 3. The first-order valence-electron chi connectivity index (χ1n) is 38.8. The van der Waals surface area contributed by atoms with E-state index in [4.69, 9.17) is 45.6 Å². The molecule has 0 aliphatic carbocycles. The third kappa shape index (κ3) is 22.7. The molecule has 0 radical (unpaired) electrons. The number of Topliss-reactive ketones (excluding diaryl/α,β-unsaturated/α-hetero) is 3. The maximum atomic E-state index is 14.9. The molecule has 6 amide bonds. The fourth-order valence-electron chi connectivity index (χ4n) is 13.9. The van der Waals surface area contributed by atoms with Crippen molar-refractivity contribution in [2.45, 2.75) is 199 Å². The molecule has 115 heavy (non-hydrogen) atoms. The van der Waals surface area contributed by atoms with E-state index in [0.29, 0.717) is 104 Å². The highest BCUT2D eigenvalue weighted by atomic mass is 16.6. The van der Waals surface area contributed by atoms with E-state index in [2.05, 4.69) is 46.9 Å². The Hall–Kier alpha value is -11.6. The molecule has 9 rings (SSSR count). The Morgan fingerprint density at radius 1 is 0.357 bits per heavy atom. The number of aromatic amines is 3. The van der Waals surface area contributed by atoms with Gasteiger partial charge in [0.2, 0.25) is 0 Å². The highest BCUT2D eigenvalue weighted by Crippen LogP contribution is 2.37. The zero-order valence-corrected chi connectivity index (χ0v) is 68.7. The number of ether oxygens (including phenoxy) is 6. The van der Waals surface area contributed by atoms with Crippen LogP contribution in [0.2, 0.25) is 0 Å². The molecule has 0 unspecified atom stereocenters. The summed E-state index contributed by atoms with van der Waals surface area (Å²) in [5.74, 6) is -2.79. The van der Waals surface area contributed by atoms with Crippen LogP contribution in [0, 0.1) is 20.8 Å². The van der Waals surface area contributed by atoms with Crippen LogP contribution in [-0.2, 0) is 62.2 Å². The number of benzene rings is 6. The zero-order valence-electron chi connectivity index (χ0n) is 68.7. The standard InChI is InChI=1S/C88H112N12O15/c1-52-64(67-46-61(110-13)34-37-70(67)95-52)49-73(101)86(89,40-16-19-43-92-80(107)113-83(4,5)6)77(104)98-58-28-22-55(23-29-58)76(56-24-30-59(31-25-56)99-78(105)87(90,41-17-20-44-93-81(108)114-84(7,8)9)74(102)50-65-53(2)96-71-38-35-62(111-14)47-68(65)71)57-26-32-60(33-27-57)100-79(106)88(91,42-18-21-45-94-82(109)115-85(10,11)12)75(103)51-66-54(3)97-72-39-36-63(112-15)48-69(66)72/h22-39,46-48,76,95-97H,16-21,40-45,49-51,89-91H2,1-15H3,(H,92,107)(H,93,108)(H,94,109)(H,98,104)(H,99,105)(H,100,106)/t86-,87-,88-/m1/s1. The molecule has 0 saturated carbocycles. The quantitative estimate of drug-likeness (QED) is 0.00751. The lowest BCUT2D eigenvalue weighted by atomic mass is 9.83. The molecule has 3 atom stereocenters. The van der Waals surface area contributed by atoms with Crippen molar-refractivity contribution < 1.29 is 71.6 Å². The molecule has 27 heteroatoms. The Morgan fingerprint density at radius 3 is 0.826 bits per heavy atom. The van der Waals surface area contributed by atoms with Crippen molar-refractivity contribution in [2.75, 3.05) is 56.9 Å². The number of aryl methyl sites for hydroxylation is 3. The summed E-state index contributed by atoms with van der Waals surface area (Å²) in [6.45, 7) is 21.9. The number of hydrogen-bond acceptors (Lipinski definition) is 18. The van der Waals surface area contributed by atoms with Gasteiger partial charge in [-0.25, -0.2) is 14.4 Å². The van der Waals surface area contributed by atoms with E-state index < -0.39 is 92.7 Å². The SMILES string of the molecule is COc1ccc2[nH]c(C)c(CC(=O)[C@](N)(CCCCNC(=O)OC(C)(C)C)C(=O)Nc3ccc(C(c4ccc(NC(=O)[C@@](N)(CCCCNC(=O)OC(C)(C)C)C(=O)Cc5c(C)[nH]c6ccc(OC)cc56)cc4)c4ccc(NC(=O)[C@@](N)(CCCCNC(=O)OC(C)(C)C)C(=O)Cc5c(C)[nH]c6ccc(OC)cc56)cc4)cc3)c2c1. The van der Waals surface area contributed by atoms with Crippen LogP contribution in [0.5, 0.6) is 17.2 Å². The summed E-state index contributed by atoms with van der Waals surface area (Å²) in [6, 6.07) is 37.4. The third-order valence-electron chi connectivity index (χ3n) is 20.2. The van der Waals surface area contributed by atoms with Gasteiger partial charge in [0.1, 0.15) is 34.1 Å². The van der Waals surface area contributed by atoms with E-state index >= 15 is 0 Å². The van der Waals surface area contributed by atoms with Gasteiger partial charge in [-0.1, -0.05) is 36.4 Å². The number of ketones is 3. The van der Waals surface area contributed by atoms with Gasteiger partial charge in [-0.2, -0.15) is 0 Å². The van der Waals surface area contributed by atoms with E-state index in [1.54, 1.807) is 138 Å². The minimum Gasteiger partial charge on any atom is -0.497 e. The maximum absolute atomic E-state index is 14.9. The molecule has 15 N–H and O–H groups in total. The predicted molar refractivity (Wildman–Crippen MR) is 446 cm³/mol. The van der Waals surface area contributed by atoms with E-state index in [1.807, 2.05) is 93.6 Å². The van der Waals surface area contributed by atoms with Crippen LogP contribution < -0.4 is 63.3 Å². The van der Waals surface area contributed by atoms with E-state index in [-0.39, 0.29) is 77.4 Å². The van der Waals surface area contributed by atoms with Crippen LogP contribution in [0.3, 0.4) is 0 Å². The summed E-state index contributed by atoms with van der Waals surface area (Å²) >= 11 is 0. The molecule has 9 aromatic rings. The van der Waals surface area contributed by atoms with Crippen LogP contribution in [0.15, 0.2) is 127 Å². The van der Waals surface area contributed by atoms with E-state index in [1.165, 1.54) is 0 Å². The van der Waals surface area contributed by atoms with Gasteiger partial charge in [0.25, 0.3) is 17.7 Å². The number of aromatic nitrogens is 3. The monoisotopic (exact) mass is 1580 g/mol. The molecule has 3 heterocycles. The zero-order chi connectivity index (χ0) is 84.0. The summed E-state index contributed by atoms with van der Waals surface area (Å²) in [7, 11) is 4.65. The van der Waals surface area contributed by atoms with Crippen molar-refractivity contribution in [2.24, 2.45) is 17.2 Å². The van der Waals surface area contributed by atoms with Crippen LogP contribution >= 0.6 is 0 Å². The second kappa shape index (κ2) is 37.2. The molecule has 0 saturated heterocycles. The average Bonchev–Trinajstić information content (AvgIpc) is 1.79. The molecule has 0 spiro atoms. The van der Waals surface area contributed by atoms with Crippen LogP contribution in [0.4, 0.5) is 31.4 Å². The van der Waals surface area contributed by atoms with Gasteiger partial charge in [-0.15, -0.1) is 0 Å². The van der Waals surface area contributed by atoms with Crippen molar-refractivity contribution in [3.8, 4) is 17.2 Å². The number of carbonyl (C=O) groups excluding carboxylic acids is 9. The maximum Gasteiger partial charge on any atom is 0.407 e. The molecule has 27 nitrogen and oxygen atoms in total. The lowest BCUT2D eigenvalue weighted by Crippen LogP contribution is -2.58. The van der Waals surface area contributed by atoms with Gasteiger partial charge in [0.15, 0.2) is 34.0 Å². The second-order valence-electron chi connectivity index (χ2n) is 32.5. The fourth-order valence-corrected chi connectivity index (χ4v) is 13.9. The van der Waals surface area contributed by atoms with Gasteiger partial charge in [0, 0.05) is 112 Å². The molecular formula is C88H112N12O15. The van der Waals surface area contributed by atoms with Crippen molar-refractivity contribution >= 4 is 103 Å². The smallest absolute Gasteiger partial charge is 0.407 e. The van der Waals surface area contributed by atoms with Gasteiger partial charge >= 0.3 is 18.3 Å². The van der Waals surface area contributed by atoms with Crippen LogP contribution in [0.1, 0.15) is 176 Å². The average molecular weight is 1580 g/mol. The lowest BCUT2D eigenvalue weighted by molar-refractivity contribution is -0.134. The van der Waals surface area contributed by atoms with Crippen molar-refractivity contribution in [1.82, 2.24) is 30.9 Å². The Kier molecular flexibility index (Phi) is 28.2. The first-order valence-corrected chi connectivity index (χ1v) is 38.8. The summed E-state index contributed by atoms with van der Waals surface area (Å²) in [6.07, 6.45) is -0.761. The number of methoxy groups -OCH3 is 3. The van der Waals surface area contributed by atoms with Crippen molar-refractivity contribution in [1.29, 1.82) is 0 Å². The molecule has 614 valence electrons. The number of fused-ring (bicyclic) bond motifs is 3. The third-order valence-corrected chi connectivity index (χ3v) is 20.2. The number of hydrogen-bond donors (Lipinski definition) is 12.